The zero-order chi connectivity index (χ0) is 19.1. The summed E-state index contributed by atoms with van der Waals surface area (Å²) in [6.45, 7) is 1.15. The highest BCUT2D eigenvalue weighted by Crippen LogP contribution is 2.27. The van der Waals surface area contributed by atoms with Gasteiger partial charge in [-0.1, -0.05) is 29.8 Å². The number of aromatic nitrogens is 3. The fourth-order valence-corrected chi connectivity index (χ4v) is 2.56. The SMILES string of the molecule is COc1ccc(CNc2cnnc(NCc3ccc(Cl)cc3)n2)cc1OC. The second kappa shape index (κ2) is 9.05. The predicted molar refractivity (Wildman–Crippen MR) is 105 cm³/mol. The average molecular weight is 386 g/mol. The van der Waals surface area contributed by atoms with Gasteiger partial charge in [-0.3, -0.25) is 0 Å². The van der Waals surface area contributed by atoms with Gasteiger partial charge >= 0.3 is 0 Å². The summed E-state index contributed by atoms with van der Waals surface area (Å²) in [5.41, 5.74) is 2.11. The highest BCUT2D eigenvalue weighted by atomic mass is 35.5. The van der Waals surface area contributed by atoms with Crippen molar-refractivity contribution in [1.82, 2.24) is 15.2 Å². The van der Waals surface area contributed by atoms with Crippen LogP contribution < -0.4 is 20.1 Å². The summed E-state index contributed by atoms with van der Waals surface area (Å²) >= 11 is 5.89. The maximum absolute atomic E-state index is 5.89. The van der Waals surface area contributed by atoms with E-state index in [1.54, 1.807) is 20.4 Å². The Balaban J connectivity index is 1.59. The smallest absolute Gasteiger partial charge is 0.244 e. The van der Waals surface area contributed by atoms with Gasteiger partial charge in [0.2, 0.25) is 5.95 Å². The molecule has 0 unspecified atom stereocenters. The average Bonchev–Trinajstić information content (AvgIpc) is 2.72. The predicted octanol–water partition coefficient (Wildman–Crippen LogP) is 3.77. The molecule has 0 spiro atoms. The molecular formula is C19H20ClN5O2. The highest BCUT2D eigenvalue weighted by molar-refractivity contribution is 6.30. The first kappa shape index (κ1) is 18.7. The lowest BCUT2D eigenvalue weighted by Crippen LogP contribution is -2.08. The molecule has 1 heterocycles. The highest BCUT2D eigenvalue weighted by Gasteiger charge is 2.06. The van der Waals surface area contributed by atoms with Crippen LogP contribution in [0.3, 0.4) is 0 Å². The molecule has 3 aromatic rings. The lowest BCUT2D eigenvalue weighted by atomic mass is 10.2. The number of benzene rings is 2. The molecule has 7 nitrogen and oxygen atoms in total. The molecule has 0 saturated heterocycles. The lowest BCUT2D eigenvalue weighted by Gasteiger charge is -2.11. The molecule has 0 saturated carbocycles. The number of methoxy groups -OCH3 is 2. The van der Waals surface area contributed by atoms with Crippen molar-refractivity contribution in [1.29, 1.82) is 0 Å². The van der Waals surface area contributed by atoms with Crippen LogP contribution in [0.2, 0.25) is 5.02 Å². The van der Waals surface area contributed by atoms with Gasteiger partial charge in [0.1, 0.15) is 0 Å². The molecule has 2 aromatic carbocycles. The zero-order valence-corrected chi connectivity index (χ0v) is 15.8. The molecule has 0 fully saturated rings. The lowest BCUT2D eigenvalue weighted by molar-refractivity contribution is 0.354. The van der Waals surface area contributed by atoms with Gasteiger partial charge in [-0.05, 0) is 35.4 Å². The molecule has 0 bridgehead atoms. The number of rotatable bonds is 8. The van der Waals surface area contributed by atoms with E-state index in [-0.39, 0.29) is 0 Å². The third-order valence-electron chi connectivity index (χ3n) is 3.84. The number of ether oxygens (including phenoxy) is 2. The molecular weight excluding hydrogens is 366 g/mol. The molecule has 1 aromatic heterocycles. The van der Waals surface area contributed by atoms with Crippen LogP contribution in [0, 0.1) is 0 Å². The molecule has 3 rings (SSSR count). The summed E-state index contributed by atoms with van der Waals surface area (Å²) < 4.78 is 10.6. The molecule has 0 atom stereocenters. The van der Waals surface area contributed by atoms with Crippen molar-refractivity contribution in [3.05, 3.63) is 64.8 Å². The maximum atomic E-state index is 5.89. The summed E-state index contributed by atoms with van der Waals surface area (Å²) in [5.74, 6) is 2.45. The van der Waals surface area contributed by atoms with Gasteiger partial charge < -0.3 is 20.1 Å². The van der Waals surface area contributed by atoms with Gasteiger partial charge in [-0.25, -0.2) is 0 Å². The van der Waals surface area contributed by atoms with Crippen LogP contribution in [-0.4, -0.2) is 29.4 Å². The fraction of sp³-hybridized carbons (Fsp3) is 0.211. The largest absolute Gasteiger partial charge is 0.493 e. The van der Waals surface area contributed by atoms with Crippen LogP contribution in [0.25, 0.3) is 0 Å². The van der Waals surface area contributed by atoms with E-state index in [4.69, 9.17) is 21.1 Å². The second-order valence-electron chi connectivity index (χ2n) is 5.69. The molecule has 0 aliphatic rings. The first-order valence-electron chi connectivity index (χ1n) is 8.31. The molecule has 0 radical (unpaired) electrons. The molecule has 27 heavy (non-hydrogen) atoms. The normalized spacial score (nSPS) is 10.3. The maximum Gasteiger partial charge on any atom is 0.244 e. The topological polar surface area (TPSA) is 81.2 Å². The summed E-state index contributed by atoms with van der Waals surface area (Å²) in [7, 11) is 3.23. The minimum Gasteiger partial charge on any atom is -0.493 e. The van der Waals surface area contributed by atoms with Crippen LogP contribution in [0.1, 0.15) is 11.1 Å². The van der Waals surface area contributed by atoms with E-state index in [1.807, 2.05) is 42.5 Å². The number of nitrogens with zero attached hydrogens (tertiary/aromatic N) is 3. The van der Waals surface area contributed by atoms with Crippen LogP contribution in [0.15, 0.2) is 48.7 Å². The Morgan fingerprint density at radius 1 is 0.889 bits per heavy atom. The van der Waals surface area contributed by atoms with Gasteiger partial charge in [0.05, 0.1) is 20.4 Å². The van der Waals surface area contributed by atoms with Crippen LogP contribution in [-0.2, 0) is 13.1 Å². The molecule has 0 amide bonds. The Bertz CT molecular complexity index is 890. The molecule has 140 valence electrons. The van der Waals surface area contributed by atoms with E-state index in [0.29, 0.717) is 41.4 Å². The quantitative estimate of drug-likeness (QED) is 0.610. The standard InChI is InChI=1S/C19H20ClN5O2/c1-26-16-8-5-14(9-17(16)27-2)11-21-18-12-23-25-19(24-18)22-10-13-3-6-15(20)7-4-13/h3-9,12H,10-11H2,1-2H3,(H2,21,22,24,25). The Kier molecular flexibility index (Phi) is 6.27. The van der Waals surface area contributed by atoms with Crippen LogP contribution >= 0.6 is 11.6 Å². The number of nitrogens with one attached hydrogen (secondary N) is 2. The zero-order valence-electron chi connectivity index (χ0n) is 15.1. The first-order chi connectivity index (χ1) is 13.2. The van der Waals surface area contributed by atoms with Gasteiger partial charge in [0.25, 0.3) is 0 Å². The Hall–Kier alpha value is -3.06. The van der Waals surface area contributed by atoms with E-state index in [0.717, 1.165) is 11.1 Å². The van der Waals surface area contributed by atoms with Gasteiger partial charge in [-0.2, -0.15) is 10.1 Å². The van der Waals surface area contributed by atoms with Crippen molar-refractivity contribution in [2.45, 2.75) is 13.1 Å². The molecule has 0 aliphatic heterocycles. The monoisotopic (exact) mass is 385 g/mol. The molecule has 8 heteroatoms. The third-order valence-corrected chi connectivity index (χ3v) is 4.10. The summed E-state index contributed by atoms with van der Waals surface area (Å²) in [6.07, 6.45) is 1.58. The molecule has 0 aliphatic carbocycles. The minimum absolute atomic E-state index is 0.447. The van der Waals surface area contributed by atoms with E-state index in [1.165, 1.54) is 0 Å². The molecule has 2 N–H and O–H groups in total. The van der Waals surface area contributed by atoms with E-state index < -0.39 is 0 Å². The Morgan fingerprint density at radius 2 is 1.59 bits per heavy atom. The first-order valence-corrected chi connectivity index (χ1v) is 8.68. The number of anilines is 2. The van der Waals surface area contributed by atoms with Crippen LogP contribution in [0.4, 0.5) is 11.8 Å². The van der Waals surface area contributed by atoms with Crippen molar-refractivity contribution in [3.63, 3.8) is 0 Å². The third kappa shape index (κ3) is 5.21. The van der Waals surface area contributed by atoms with Crippen LogP contribution in [0.5, 0.6) is 11.5 Å². The van der Waals surface area contributed by atoms with Crippen molar-refractivity contribution >= 4 is 23.4 Å². The number of halogens is 1. The van der Waals surface area contributed by atoms with Gasteiger partial charge in [0, 0.05) is 18.1 Å². The van der Waals surface area contributed by atoms with Crippen molar-refractivity contribution in [3.8, 4) is 11.5 Å². The van der Waals surface area contributed by atoms with Crippen molar-refractivity contribution in [2.24, 2.45) is 0 Å². The Morgan fingerprint density at radius 3 is 2.33 bits per heavy atom. The summed E-state index contributed by atoms with van der Waals surface area (Å²) in [6, 6.07) is 13.3. The van der Waals surface area contributed by atoms with Crippen molar-refractivity contribution in [2.75, 3.05) is 24.9 Å². The summed E-state index contributed by atoms with van der Waals surface area (Å²) in [4.78, 5) is 4.42. The van der Waals surface area contributed by atoms with Gasteiger partial charge in [-0.15, -0.1) is 5.10 Å². The van der Waals surface area contributed by atoms with E-state index in [9.17, 15) is 0 Å². The van der Waals surface area contributed by atoms with Gasteiger partial charge in [0.15, 0.2) is 17.3 Å². The minimum atomic E-state index is 0.447. The van der Waals surface area contributed by atoms with E-state index in [2.05, 4.69) is 25.8 Å². The summed E-state index contributed by atoms with van der Waals surface area (Å²) in [5, 5.41) is 15.1. The number of hydrogen-bond acceptors (Lipinski definition) is 7. The van der Waals surface area contributed by atoms with Crippen molar-refractivity contribution < 1.29 is 9.47 Å². The second-order valence-corrected chi connectivity index (χ2v) is 6.12. The number of hydrogen-bond donors (Lipinski definition) is 2. The van der Waals surface area contributed by atoms with E-state index >= 15 is 0 Å². The fourth-order valence-electron chi connectivity index (χ4n) is 2.43. The Labute approximate surface area is 162 Å².